The number of hydrogen-bond donors (Lipinski definition) is 1. The molecular formula is C30H37N3O3. The van der Waals surface area contributed by atoms with E-state index < -0.39 is 0 Å². The van der Waals surface area contributed by atoms with Crippen LogP contribution in [-0.4, -0.2) is 28.6 Å². The van der Waals surface area contributed by atoms with Gasteiger partial charge in [-0.2, -0.15) is 0 Å². The zero-order valence-corrected chi connectivity index (χ0v) is 22.2. The maximum absolute atomic E-state index is 13.9. The minimum Gasteiger partial charge on any atom is -0.496 e. The van der Waals surface area contributed by atoms with Crippen molar-refractivity contribution in [3.05, 3.63) is 99.0 Å². The zero-order valence-electron chi connectivity index (χ0n) is 22.2. The van der Waals surface area contributed by atoms with Gasteiger partial charge in [0.05, 0.1) is 19.3 Å². The molecule has 190 valence electrons. The second-order valence-electron chi connectivity index (χ2n) is 10.7. The van der Waals surface area contributed by atoms with Crippen LogP contribution in [-0.2, 0) is 19.0 Å². The third-order valence-corrected chi connectivity index (χ3v) is 7.04. The number of likely N-dealkylation sites (tertiary alicyclic amines) is 1. The van der Waals surface area contributed by atoms with Crippen LogP contribution in [0.1, 0.15) is 72.3 Å². The average molecular weight is 488 g/mol. The quantitative estimate of drug-likeness (QED) is 0.526. The number of aryl methyl sites for hydroxylation is 2. The minimum absolute atomic E-state index is 0.0139. The molecule has 0 saturated carbocycles. The molecular weight excluding hydrogens is 450 g/mol. The van der Waals surface area contributed by atoms with Crippen molar-refractivity contribution in [1.29, 1.82) is 0 Å². The highest BCUT2D eigenvalue weighted by molar-refractivity contribution is 5.94. The molecule has 4 rings (SSSR count). The lowest BCUT2D eigenvalue weighted by atomic mass is 9.86. The van der Waals surface area contributed by atoms with E-state index in [1.54, 1.807) is 31.0 Å². The second-order valence-corrected chi connectivity index (χ2v) is 10.7. The number of carbonyl (C=O) groups excluding carboxylic acids is 1. The summed E-state index contributed by atoms with van der Waals surface area (Å²) in [5.74, 6) is 0.581. The zero-order chi connectivity index (χ0) is 26.0. The third kappa shape index (κ3) is 5.24. The summed E-state index contributed by atoms with van der Waals surface area (Å²) in [5.41, 5.74) is 3.92. The van der Waals surface area contributed by atoms with Crippen molar-refractivity contribution in [1.82, 2.24) is 14.8 Å². The standard InChI is InChI=1S/C30H37N3O3/c1-20-18-32(5)19-24(28(20)34)29(35)33-25(21-10-8-7-9-11-21)13-15-27(33)31-17-22-16-23(30(2,3)4)12-14-26(22)36-6/h7-12,14,16,18-19,25,27,31H,13,15,17H2,1-6H3. The fourth-order valence-corrected chi connectivity index (χ4v) is 5.08. The van der Waals surface area contributed by atoms with E-state index in [2.05, 4.69) is 50.4 Å². The number of nitrogens with zero attached hydrogens (tertiary/aromatic N) is 2. The van der Waals surface area contributed by atoms with E-state index in [4.69, 9.17) is 4.74 Å². The number of rotatable bonds is 6. The highest BCUT2D eigenvalue weighted by atomic mass is 16.5. The van der Waals surface area contributed by atoms with Crippen molar-refractivity contribution in [2.45, 2.75) is 64.7 Å². The van der Waals surface area contributed by atoms with E-state index in [-0.39, 0.29) is 34.5 Å². The predicted molar refractivity (Wildman–Crippen MR) is 143 cm³/mol. The highest BCUT2D eigenvalue weighted by Gasteiger charge is 2.39. The van der Waals surface area contributed by atoms with Crippen LogP contribution < -0.4 is 15.5 Å². The number of ether oxygens (including phenoxy) is 1. The topological polar surface area (TPSA) is 63.6 Å². The molecule has 0 bridgehead atoms. The average Bonchev–Trinajstić information content (AvgIpc) is 3.28. The third-order valence-electron chi connectivity index (χ3n) is 7.04. The van der Waals surface area contributed by atoms with E-state index in [0.29, 0.717) is 12.1 Å². The molecule has 0 radical (unpaired) electrons. The van der Waals surface area contributed by atoms with Gasteiger partial charge in [-0.15, -0.1) is 0 Å². The van der Waals surface area contributed by atoms with E-state index in [1.165, 1.54) is 5.56 Å². The monoisotopic (exact) mass is 487 g/mol. The SMILES string of the molecule is COc1ccc(C(C)(C)C)cc1CNC1CCC(c2ccccc2)N1C(=O)c1cn(C)cc(C)c1=O. The molecule has 2 aromatic carbocycles. The van der Waals surface area contributed by atoms with E-state index in [0.717, 1.165) is 29.7 Å². The summed E-state index contributed by atoms with van der Waals surface area (Å²) in [5, 5.41) is 3.62. The Morgan fingerprint density at radius 2 is 1.81 bits per heavy atom. The second kappa shape index (κ2) is 10.3. The van der Waals surface area contributed by atoms with Crippen LogP contribution in [0, 0.1) is 6.92 Å². The molecule has 1 amide bonds. The van der Waals surface area contributed by atoms with Gasteiger partial charge in [-0.3, -0.25) is 14.9 Å². The van der Waals surface area contributed by atoms with E-state index >= 15 is 0 Å². The molecule has 0 spiro atoms. The number of carbonyl (C=O) groups is 1. The molecule has 1 N–H and O–H groups in total. The molecule has 2 unspecified atom stereocenters. The van der Waals surface area contributed by atoms with Crippen LogP contribution >= 0.6 is 0 Å². The molecule has 1 aliphatic rings. The van der Waals surface area contributed by atoms with Crippen molar-refractivity contribution >= 4 is 5.91 Å². The Bertz CT molecular complexity index is 1290. The minimum atomic E-state index is -0.237. The fourth-order valence-electron chi connectivity index (χ4n) is 5.08. The summed E-state index contributed by atoms with van der Waals surface area (Å²) in [6.07, 6.45) is 4.79. The lowest BCUT2D eigenvalue weighted by molar-refractivity contribution is 0.0629. The molecule has 0 aliphatic carbocycles. The summed E-state index contributed by atoms with van der Waals surface area (Å²) in [6, 6.07) is 16.3. The van der Waals surface area contributed by atoms with Crippen LogP contribution in [0.2, 0.25) is 0 Å². The Morgan fingerprint density at radius 1 is 1.08 bits per heavy atom. The molecule has 2 atom stereocenters. The van der Waals surface area contributed by atoms with Gasteiger partial charge >= 0.3 is 0 Å². The maximum atomic E-state index is 13.9. The normalized spacial score (nSPS) is 17.9. The molecule has 1 saturated heterocycles. The van der Waals surface area contributed by atoms with Crippen LogP contribution in [0.15, 0.2) is 65.7 Å². The first-order valence-electron chi connectivity index (χ1n) is 12.6. The van der Waals surface area contributed by atoms with Gasteiger partial charge in [0.2, 0.25) is 0 Å². The van der Waals surface area contributed by atoms with Crippen molar-refractivity contribution < 1.29 is 9.53 Å². The van der Waals surface area contributed by atoms with Crippen molar-refractivity contribution in [2.75, 3.05) is 7.11 Å². The Morgan fingerprint density at radius 3 is 2.47 bits per heavy atom. The number of amides is 1. The van der Waals surface area contributed by atoms with Crippen LogP contribution in [0.3, 0.4) is 0 Å². The number of nitrogens with one attached hydrogen (secondary N) is 1. The molecule has 1 aromatic heterocycles. The summed E-state index contributed by atoms with van der Waals surface area (Å²) >= 11 is 0. The predicted octanol–water partition coefficient (Wildman–Crippen LogP) is 5.09. The van der Waals surface area contributed by atoms with Crippen LogP contribution in [0.5, 0.6) is 5.75 Å². The first kappa shape index (κ1) is 25.7. The first-order valence-corrected chi connectivity index (χ1v) is 12.6. The smallest absolute Gasteiger partial charge is 0.261 e. The molecule has 6 nitrogen and oxygen atoms in total. The molecule has 6 heteroatoms. The van der Waals surface area contributed by atoms with Crippen molar-refractivity contribution in [3.63, 3.8) is 0 Å². The van der Waals surface area contributed by atoms with Gasteiger partial charge in [-0.1, -0.05) is 63.2 Å². The molecule has 36 heavy (non-hydrogen) atoms. The van der Waals surface area contributed by atoms with Crippen molar-refractivity contribution in [3.8, 4) is 5.75 Å². The van der Waals surface area contributed by atoms with E-state index in [9.17, 15) is 9.59 Å². The van der Waals surface area contributed by atoms with Gasteiger partial charge in [0.1, 0.15) is 11.3 Å². The van der Waals surface area contributed by atoms with Gasteiger partial charge in [-0.05, 0) is 42.4 Å². The highest BCUT2D eigenvalue weighted by Crippen LogP contribution is 2.37. The fraction of sp³-hybridized carbons (Fsp3) is 0.400. The number of benzene rings is 2. The summed E-state index contributed by atoms with van der Waals surface area (Å²) in [7, 11) is 3.52. The van der Waals surface area contributed by atoms with Gasteiger partial charge < -0.3 is 14.2 Å². The molecule has 1 aliphatic heterocycles. The van der Waals surface area contributed by atoms with Crippen LogP contribution in [0.25, 0.3) is 0 Å². The Hall–Kier alpha value is -3.38. The number of aromatic nitrogens is 1. The Kier molecular flexibility index (Phi) is 7.36. The lowest BCUT2D eigenvalue weighted by Crippen LogP contribution is -2.46. The first-order chi connectivity index (χ1) is 17.1. The maximum Gasteiger partial charge on any atom is 0.261 e. The van der Waals surface area contributed by atoms with Crippen LogP contribution in [0.4, 0.5) is 0 Å². The number of hydrogen-bond acceptors (Lipinski definition) is 4. The van der Waals surface area contributed by atoms with Gasteiger partial charge in [0.25, 0.3) is 5.91 Å². The summed E-state index contributed by atoms with van der Waals surface area (Å²) < 4.78 is 7.42. The molecule has 2 heterocycles. The summed E-state index contributed by atoms with van der Waals surface area (Å²) in [4.78, 5) is 28.8. The Labute approximate surface area is 213 Å². The summed E-state index contributed by atoms with van der Waals surface area (Å²) in [6.45, 7) is 8.87. The number of methoxy groups -OCH3 is 1. The van der Waals surface area contributed by atoms with Gasteiger partial charge in [-0.25, -0.2) is 0 Å². The molecule has 3 aromatic rings. The molecule has 1 fully saturated rings. The largest absolute Gasteiger partial charge is 0.496 e. The van der Waals surface area contributed by atoms with Gasteiger partial charge in [0.15, 0.2) is 5.43 Å². The van der Waals surface area contributed by atoms with Crippen molar-refractivity contribution in [2.24, 2.45) is 7.05 Å². The van der Waals surface area contributed by atoms with E-state index in [1.807, 2.05) is 36.2 Å². The number of pyridine rings is 1. The van der Waals surface area contributed by atoms with Gasteiger partial charge in [0, 0.05) is 37.1 Å². The lowest BCUT2D eigenvalue weighted by Gasteiger charge is -2.32. The Balaban J connectivity index is 1.68.